The van der Waals surface area contributed by atoms with Crippen molar-refractivity contribution in [2.45, 2.75) is 25.5 Å². The van der Waals surface area contributed by atoms with Crippen LogP contribution in [0.2, 0.25) is 0 Å². The van der Waals surface area contributed by atoms with Crippen molar-refractivity contribution >= 4 is 6.09 Å². The fourth-order valence-corrected chi connectivity index (χ4v) is 2.71. The maximum atomic E-state index is 11.9. The SMILES string of the molecule is N[C@@H]1C[C@@]12CCN(C(=O)OCc1ccccc1)C2. The minimum atomic E-state index is -0.213. The summed E-state index contributed by atoms with van der Waals surface area (Å²) in [4.78, 5) is 13.7. The molecule has 1 aliphatic carbocycles. The lowest BCUT2D eigenvalue weighted by molar-refractivity contribution is 0.102. The van der Waals surface area contributed by atoms with Crippen LogP contribution in [0.3, 0.4) is 0 Å². The summed E-state index contributed by atoms with van der Waals surface area (Å²) in [6.45, 7) is 1.89. The predicted molar refractivity (Wildman–Crippen MR) is 67.8 cm³/mol. The number of carbonyl (C=O) groups excluding carboxylic acids is 1. The fraction of sp³-hybridized carbons (Fsp3) is 0.500. The maximum absolute atomic E-state index is 11.9. The summed E-state index contributed by atoms with van der Waals surface area (Å²) in [5.74, 6) is 0. The van der Waals surface area contributed by atoms with Crippen molar-refractivity contribution in [3.8, 4) is 0 Å². The summed E-state index contributed by atoms with van der Waals surface area (Å²) in [7, 11) is 0. The number of carbonyl (C=O) groups is 1. The Balaban J connectivity index is 1.51. The van der Waals surface area contributed by atoms with Crippen molar-refractivity contribution in [2.24, 2.45) is 11.1 Å². The quantitative estimate of drug-likeness (QED) is 0.865. The van der Waals surface area contributed by atoms with E-state index in [1.54, 1.807) is 4.90 Å². The molecule has 1 heterocycles. The van der Waals surface area contributed by atoms with Gasteiger partial charge in [0.25, 0.3) is 0 Å². The van der Waals surface area contributed by atoms with Gasteiger partial charge in [0.15, 0.2) is 0 Å². The van der Waals surface area contributed by atoms with Gasteiger partial charge in [0, 0.05) is 24.5 Å². The molecule has 2 atom stereocenters. The summed E-state index contributed by atoms with van der Waals surface area (Å²) >= 11 is 0. The van der Waals surface area contributed by atoms with Crippen LogP contribution in [0, 0.1) is 5.41 Å². The largest absolute Gasteiger partial charge is 0.445 e. The van der Waals surface area contributed by atoms with Gasteiger partial charge in [-0.25, -0.2) is 4.79 Å². The van der Waals surface area contributed by atoms with Gasteiger partial charge in [0.1, 0.15) is 6.61 Å². The second-order valence-electron chi connectivity index (χ2n) is 5.38. The number of hydrogen-bond acceptors (Lipinski definition) is 3. The number of amides is 1. The Morgan fingerprint density at radius 3 is 2.78 bits per heavy atom. The lowest BCUT2D eigenvalue weighted by Crippen LogP contribution is -2.30. The smallest absolute Gasteiger partial charge is 0.410 e. The molecule has 1 spiro atoms. The molecule has 4 nitrogen and oxygen atoms in total. The summed E-state index contributed by atoms with van der Waals surface area (Å²) in [5, 5.41) is 0. The molecule has 96 valence electrons. The van der Waals surface area contributed by atoms with E-state index in [0.29, 0.717) is 6.61 Å². The fourth-order valence-electron chi connectivity index (χ4n) is 2.71. The number of ether oxygens (including phenoxy) is 1. The van der Waals surface area contributed by atoms with Gasteiger partial charge in [-0.2, -0.15) is 0 Å². The Morgan fingerprint density at radius 2 is 2.17 bits per heavy atom. The standard InChI is InChI=1S/C14H18N2O2/c15-12-8-14(12)6-7-16(10-14)13(17)18-9-11-4-2-1-3-5-11/h1-5,12H,6-10,15H2/t12-,14-/m1/s1. The molecule has 2 N–H and O–H groups in total. The average Bonchev–Trinajstić information content (AvgIpc) is 2.83. The first-order valence-corrected chi connectivity index (χ1v) is 6.41. The first-order chi connectivity index (χ1) is 8.70. The Hall–Kier alpha value is -1.55. The van der Waals surface area contributed by atoms with Crippen LogP contribution >= 0.6 is 0 Å². The van der Waals surface area contributed by atoms with Gasteiger partial charge in [-0.3, -0.25) is 0 Å². The van der Waals surface area contributed by atoms with Gasteiger partial charge in [-0.15, -0.1) is 0 Å². The van der Waals surface area contributed by atoms with E-state index in [4.69, 9.17) is 10.5 Å². The Morgan fingerprint density at radius 1 is 1.44 bits per heavy atom. The van der Waals surface area contributed by atoms with Gasteiger partial charge >= 0.3 is 6.09 Å². The van der Waals surface area contributed by atoms with E-state index in [2.05, 4.69) is 0 Å². The Kier molecular flexibility index (Phi) is 2.74. The van der Waals surface area contributed by atoms with Crippen LogP contribution in [0.25, 0.3) is 0 Å². The van der Waals surface area contributed by atoms with Crippen LogP contribution in [-0.4, -0.2) is 30.1 Å². The lowest BCUT2D eigenvalue weighted by atomic mass is 10.1. The highest BCUT2D eigenvalue weighted by atomic mass is 16.6. The molecule has 1 amide bonds. The van der Waals surface area contributed by atoms with Gasteiger partial charge in [-0.1, -0.05) is 30.3 Å². The minimum absolute atomic E-state index is 0.213. The normalized spacial score (nSPS) is 29.6. The van der Waals surface area contributed by atoms with Gasteiger partial charge < -0.3 is 15.4 Å². The number of benzene rings is 1. The van der Waals surface area contributed by atoms with E-state index >= 15 is 0 Å². The molecule has 0 aromatic heterocycles. The van der Waals surface area contributed by atoms with Crippen molar-refractivity contribution in [1.29, 1.82) is 0 Å². The zero-order chi connectivity index (χ0) is 12.6. The average molecular weight is 246 g/mol. The molecule has 1 aromatic rings. The van der Waals surface area contributed by atoms with E-state index in [-0.39, 0.29) is 17.6 Å². The number of rotatable bonds is 2. The molecule has 0 radical (unpaired) electrons. The van der Waals surface area contributed by atoms with Crippen LogP contribution in [0.4, 0.5) is 4.79 Å². The number of likely N-dealkylation sites (tertiary alicyclic amines) is 1. The minimum Gasteiger partial charge on any atom is -0.445 e. The highest BCUT2D eigenvalue weighted by molar-refractivity contribution is 5.68. The highest BCUT2D eigenvalue weighted by Crippen LogP contribution is 2.51. The second-order valence-corrected chi connectivity index (χ2v) is 5.38. The molecule has 3 rings (SSSR count). The van der Waals surface area contributed by atoms with Crippen molar-refractivity contribution in [2.75, 3.05) is 13.1 Å². The predicted octanol–water partition coefficient (Wildman–Crippen LogP) is 1.75. The highest BCUT2D eigenvalue weighted by Gasteiger charge is 2.56. The molecule has 2 aliphatic rings. The number of nitrogens with two attached hydrogens (primary N) is 1. The molecule has 2 fully saturated rings. The van der Waals surface area contributed by atoms with E-state index < -0.39 is 0 Å². The van der Waals surface area contributed by atoms with Crippen LogP contribution in [-0.2, 0) is 11.3 Å². The summed E-state index contributed by atoms with van der Waals surface area (Å²) in [6.07, 6.45) is 1.86. The summed E-state index contributed by atoms with van der Waals surface area (Å²) in [6, 6.07) is 10.0. The van der Waals surface area contributed by atoms with E-state index in [1.165, 1.54) is 0 Å². The Labute approximate surface area is 107 Å². The lowest BCUT2D eigenvalue weighted by Gasteiger charge is -2.16. The van der Waals surface area contributed by atoms with Gasteiger partial charge in [-0.05, 0) is 18.4 Å². The van der Waals surface area contributed by atoms with E-state index in [0.717, 1.165) is 31.5 Å². The molecule has 1 saturated carbocycles. The van der Waals surface area contributed by atoms with E-state index in [1.807, 2.05) is 30.3 Å². The maximum Gasteiger partial charge on any atom is 0.410 e. The van der Waals surface area contributed by atoms with Gasteiger partial charge in [0.05, 0.1) is 0 Å². The number of hydrogen-bond donors (Lipinski definition) is 1. The summed E-state index contributed by atoms with van der Waals surface area (Å²) in [5.41, 5.74) is 7.14. The van der Waals surface area contributed by atoms with E-state index in [9.17, 15) is 4.79 Å². The molecule has 1 aromatic carbocycles. The van der Waals surface area contributed by atoms with Gasteiger partial charge in [0.2, 0.25) is 0 Å². The van der Waals surface area contributed by atoms with Crippen molar-refractivity contribution in [3.63, 3.8) is 0 Å². The number of nitrogens with zero attached hydrogens (tertiary/aromatic N) is 1. The monoisotopic (exact) mass is 246 g/mol. The van der Waals surface area contributed by atoms with Crippen LogP contribution in [0.15, 0.2) is 30.3 Å². The molecule has 0 bridgehead atoms. The van der Waals surface area contributed by atoms with Crippen LogP contribution < -0.4 is 5.73 Å². The zero-order valence-electron chi connectivity index (χ0n) is 10.3. The first kappa shape index (κ1) is 11.5. The second kappa shape index (κ2) is 4.28. The first-order valence-electron chi connectivity index (χ1n) is 6.41. The van der Waals surface area contributed by atoms with Crippen LogP contribution in [0.5, 0.6) is 0 Å². The van der Waals surface area contributed by atoms with Crippen LogP contribution in [0.1, 0.15) is 18.4 Å². The van der Waals surface area contributed by atoms with Crippen molar-refractivity contribution in [1.82, 2.24) is 4.90 Å². The van der Waals surface area contributed by atoms with Crippen molar-refractivity contribution in [3.05, 3.63) is 35.9 Å². The van der Waals surface area contributed by atoms with Crippen molar-refractivity contribution < 1.29 is 9.53 Å². The molecule has 18 heavy (non-hydrogen) atoms. The molecule has 0 unspecified atom stereocenters. The third-order valence-electron chi connectivity index (χ3n) is 4.10. The summed E-state index contributed by atoms with van der Waals surface area (Å²) < 4.78 is 5.31. The molecule has 1 saturated heterocycles. The molecule has 4 heteroatoms. The topological polar surface area (TPSA) is 55.6 Å². The molecular formula is C14H18N2O2. The molecular weight excluding hydrogens is 228 g/mol. The zero-order valence-corrected chi connectivity index (χ0v) is 10.3. The Bertz CT molecular complexity index is 448. The third-order valence-corrected chi connectivity index (χ3v) is 4.10. The third kappa shape index (κ3) is 2.08. The molecule has 1 aliphatic heterocycles.